The first kappa shape index (κ1) is 13.6. The summed E-state index contributed by atoms with van der Waals surface area (Å²) in [4.78, 5) is 13.9. The molecule has 1 atom stereocenters. The fourth-order valence-electron chi connectivity index (χ4n) is 2.74. The van der Waals surface area contributed by atoms with Gasteiger partial charge in [-0.3, -0.25) is 9.89 Å². The van der Waals surface area contributed by atoms with Crippen LogP contribution in [0.15, 0.2) is 6.20 Å². The Morgan fingerprint density at radius 2 is 2.50 bits per heavy atom. The monoisotopic (exact) mass is 279 g/mol. The molecule has 0 aromatic carbocycles. The van der Waals surface area contributed by atoms with E-state index in [9.17, 15) is 4.79 Å². The van der Waals surface area contributed by atoms with Gasteiger partial charge in [-0.15, -0.1) is 0 Å². The summed E-state index contributed by atoms with van der Waals surface area (Å²) < 4.78 is 11.1. The predicted molar refractivity (Wildman–Crippen MR) is 72.1 cm³/mol. The third kappa shape index (κ3) is 3.19. The van der Waals surface area contributed by atoms with E-state index >= 15 is 0 Å². The number of fused-ring (bicyclic) bond motifs is 1. The van der Waals surface area contributed by atoms with Crippen LogP contribution in [0.4, 0.5) is 0 Å². The fraction of sp³-hybridized carbons (Fsp3) is 0.714. The van der Waals surface area contributed by atoms with Gasteiger partial charge in [-0.25, -0.2) is 0 Å². The number of rotatable bonds is 4. The Morgan fingerprint density at radius 3 is 3.35 bits per heavy atom. The van der Waals surface area contributed by atoms with Gasteiger partial charge in [0.15, 0.2) is 0 Å². The molecule has 2 aliphatic rings. The van der Waals surface area contributed by atoms with Gasteiger partial charge in [0.2, 0.25) is 5.91 Å². The number of aromatic nitrogens is 2. The van der Waals surface area contributed by atoms with Crippen molar-refractivity contribution in [1.29, 1.82) is 0 Å². The van der Waals surface area contributed by atoms with E-state index in [-0.39, 0.29) is 18.6 Å². The molecule has 20 heavy (non-hydrogen) atoms. The van der Waals surface area contributed by atoms with Crippen LogP contribution in [-0.2, 0) is 27.2 Å². The zero-order chi connectivity index (χ0) is 13.8. The molecule has 1 fully saturated rings. The number of hydrogen-bond donors (Lipinski definition) is 1. The summed E-state index contributed by atoms with van der Waals surface area (Å²) in [5, 5.41) is 6.98. The molecule has 1 aromatic heterocycles. The summed E-state index contributed by atoms with van der Waals surface area (Å²) >= 11 is 0. The van der Waals surface area contributed by atoms with Crippen molar-refractivity contribution in [2.75, 3.05) is 26.4 Å². The van der Waals surface area contributed by atoms with Crippen molar-refractivity contribution in [3.8, 4) is 0 Å². The number of hydrogen-bond acceptors (Lipinski definition) is 4. The van der Waals surface area contributed by atoms with E-state index in [1.807, 2.05) is 4.90 Å². The maximum atomic E-state index is 12.1. The number of ether oxygens (including phenoxy) is 2. The number of nitrogens with one attached hydrogen (secondary N) is 1. The fourth-order valence-corrected chi connectivity index (χ4v) is 2.74. The van der Waals surface area contributed by atoms with Gasteiger partial charge in [-0.1, -0.05) is 0 Å². The molecule has 1 aromatic rings. The highest BCUT2D eigenvalue weighted by Gasteiger charge is 2.22. The summed E-state index contributed by atoms with van der Waals surface area (Å²) in [6, 6.07) is 0. The van der Waals surface area contributed by atoms with Gasteiger partial charge in [-0.05, 0) is 19.3 Å². The molecular formula is C14H21N3O3. The molecule has 0 radical (unpaired) electrons. The quantitative estimate of drug-likeness (QED) is 0.888. The molecule has 6 heteroatoms. The van der Waals surface area contributed by atoms with E-state index in [1.54, 1.807) is 6.20 Å². The molecule has 0 unspecified atom stereocenters. The van der Waals surface area contributed by atoms with Crippen LogP contribution in [0.2, 0.25) is 0 Å². The van der Waals surface area contributed by atoms with Crippen LogP contribution in [0.3, 0.4) is 0 Å². The van der Waals surface area contributed by atoms with Gasteiger partial charge in [0.1, 0.15) is 6.61 Å². The summed E-state index contributed by atoms with van der Waals surface area (Å²) in [6.07, 6.45) is 6.17. The first-order chi connectivity index (χ1) is 9.83. The molecule has 0 spiro atoms. The molecule has 1 N–H and O–H groups in total. The Morgan fingerprint density at radius 1 is 1.55 bits per heavy atom. The highest BCUT2D eigenvalue weighted by atomic mass is 16.5. The maximum absolute atomic E-state index is 12.1. The Labute approximate surface area is 118 Å². The maximum Gasteiger partial charge on any atom is 0.248 e. The minimum Gasteiger partial charge on any atom is -0.376 e. The molecular weight excluding hydrogens is 258 g/mol. The van der Waals surface area contributed by atoms with Gasteiger partial charge in [-0.2, -0.15) is 5.10 Å². The van der Waals surface area contributed by atoms with E-state index in [2.05, 4.69) is 10.2 Å². The highest BCUT2D eigenvalue weighted by molar-refractivity contribution is 5.77. The summed E-state index contributed by atoms with van der Waals surface area (Å²) in [5.41, 5.74) is 2.26. The third-order valence-corrected chi connectivity index (χ3v) is 3.96. The minimum atomic E-state index is 0.0488. The topological polar surface area (TPSA) is 67.5 Å². The second-order valence-corrected chi connectivity index (χ2v) is 5.44. The first-order valence-electron chi connectivity index (χ1n) is 7.31. The van der Waals surface area contributed by atoms with Crippen LogP contribution < -0.4 is 0 Å². The Bertz CT molecular complexity index is 454. The molecule has 0 bridgehead atoms. The lowest BCUT2D eigenvalue weighted by atomic mass is 10.1. The van der Waals surface area contributed by atoms with Crippen molar-refractivity contribution < 1.29 is 14.3 Å². The molecule has 0 aliphatic carbocycles. The smallest absolute Gasteiger partial charge is 0.248 e. The molecule has 0 saturated carbocycles. The Hall–Kier alpha value is -1.40. The van der Waals surface area contributed by atoms with Crippen molar-refractivity contribution in [2.45, 2.75) is 38.3 Å². The van der Waals surface area contributed by atoms with Crippen LogP contribution in [0.1, 0.15) is 30.5 Å². The number of H-pyrrole nitrogens is 1. The normalized spacial score (nSPS) is 22.6. The van der Waals surface area contributed by atoms with Gasteiger partial charge < -0.3 is 14.4 Å². The minimum absolute atomic E-state index is 0.0488. The molecule has 3 rings (SSSR count). The van der Waals surface area contributed by atoms with E-state index in [0.29, 0.717) is 13.2 Å². The molecule has 1 amide bonds. The van der Waals surface area contributed by atoms with Crippen LogP contribution in [0.25, 0.3) is 0 Å². The van der Waals surface area contributed by atoms with Crippen molar-refractivity contribution in [1.82, 2.24) is 15.1 Å². The molecule has 3 heterocycles. The number of amides is 1. The van der Waals surface area contributed by atoms with Crippen molar-refractivity contribution in [3.63, 3.8) is 0 Å². The van der Waals surface area contributed by atoms with Crippen molar-refractivity contribution >= 4 is 5.91 Å². The number of aromatic amines is 1. The standard InChI is InChI=1S/C14H21N3O3/c18-14(10-19-9-12-3-1-2-6-20-12)17-5-4-13-11(8-17)7-15-16-13/h7,12H,1-6,8-10H2,(H,15,16)/t12-/m1/s1. The molecule has 6 nitrogen and oxygen atoms in total. The molecule has 1 saturated heterocycles. The van der Waals surface area contributed by atoms with Crippen LogP contribution in [-0.4, -0.2) is 53.5 Å². The predicted octanol–water partition coefficient (Wildman–Crippen LogP) is 0.880. The van der Waals surface area contributed by atoms with Gasteiger partial charge in [0.05, 0.1) is 18.9 Å². The van der Waals surface area contributed by atoms with Gasteiger partial charge in [0, 0.05) is 37.4 Å². The van der Waals surface area contributed by atoms with Crippen LogP contribution >= 0.6 is 0 Å². The van der Waals surface area contributed by atoms with Crippen molar-refractivity contribution in [2.24, 2.45) is 0 Å². The number of carbonyl (C=O) groups is 1. The zero-order valence-electron chi connectivity index (χ0n) is 11.6. The zero-order valence-corrected chi connectivity index (χ0v) is 11.6. The van der Waals surface area contributed by atoms with E-state index in [1.165, 1.54) is 6.42 Å². The highest BCUT2D eigenvalue weighted by Crippen LogP contribution is 2.16. The van der Waals surface area contributed by atoms with E-state index in [4.69, 9.17) is 9.47 Å². The average Bonchev–Trinajstić information content (AvgIpc) is 2.95. The molecule has 110 valence electrons. The SMILES string of the molecule is O=C(COC[C@H]1CCCCO1)N1CCc2[nH]ncc2C1. The number of carbonyl (C=O) groups excluding carboxylic acids is 1. The first-order valence-corrected chi connectivity index (χ1v) is 7.31. The van der Waals surface area contributed by atoms with E-state index < -0.39 is 0 Å². The Kier molecular flexibility index (Phi) is 4.32. The summed E-state index contributed by atoms with van der Waals surface area (Å²) in [6.45, 7) is 2.85. The lowest BCUT2D eigenvalue weighted by Gasteiger charge is -2.27. The van der Waals surface area contributed by atoms with E-state index in [0.717, 1.165) is 43.7 Å². The largest absolute Gasteiger partial charge is 0.376 e. The number of nitrogens with zero attached hydrogens (tertiary/aromatic N) is 2. The van der Waals surface area contributed by atoms with Crippen LogP contribution in [0.5, 0.6) is 0 Å². The average molecular weight is 279 g/mol. The molecule has 2 aliphatic heterocycles. The van der Waals surface area contributed by atoms with Crippen LogP contribution in [0, 0.1) is 0 Å². The second kappa shape index (κ2) is 6.37. The van der Waals surface area contributed by atoms with Gasteiger partial charge in [0.25, 0.3) is 0 Å². The lowest BCUT2D eigenvalue weighted by molar-refractivity contribution is -0.139. The Balaban J connectivity index is 1.41. The summed E-state index contributed by atoms with van der Waals surface area (Å²) in [5.74, 6) is 0.0488. The summed E-state index contributed by atoms with van der Waals surface area (Å²) in [7, 11) is 0. The second-order valence-electron chi connectivity index (χ2n) is 5.44. The third-order valence-electron chi connectivity index (χ3n) is 3.96. The lowest BCUT2D eigenvalue weighted by Crippen LogP contribution is -2.38. The van der Waals surface area contributed by atoms with Gasteiger partial charge >= 0.3 is 0 Å². The van der Waals surface area contributed by atoms with Crippen molar-refractivity contribution in [3.05, 3.63) is 17.5 Å².